The topological polar surface area (TPSA) is 72.9 Å². The third kappa shape index (κ3) is 3.06. The van der Waals surface area contributed by atoms with Gasteiger partial charge in [0.25, 0.3) is 0 Å². The summed E-state index contributed by atoms with van der Waals surface area (Å²) in [6.07, 6.45) is 4.85. The molecule has 0 aromatic carbocycles. The van der Waals surface area contributed by atoms with E-state index in [0.29, 0.717) is 19.0 Å². The van der Waals surface area contributed by atoms with Gasteiger partial charge in [-0.25, -0.2) is 0 Å². The van der Waals surface area contributed by atoms with E-state index in [9.17, 15) is 4.79 Å². The molecule has 17 heavy (non-hydrogen) atoms. The fraction of sp³-hybridized carbons (Fsp3) is 0.667. The minimum atomic E-state index is -0.140. The van der Waals surface area contributed by atoms with Gasteiger partial charge in [-0.05, 0) is 31.7 Å². The van der Waals surface area contributed by atoms with Gasteiger partial charge in [-0.2, -0.15) is 5.10 Å². The fourth-order valence-corrected chi connectivity index (χ4v) is 1.94. The van der Waals surface area contributed by atoms with Crippen LogP contribution in [0.1, 0.15) is 24.1 Å². The van der Waals surface area contributed by atoms with Crippen LogP contribution in [0.2, 0.25) is 0 Å². The molecule has 5 heteroatoms. The third-order valence-electron chi connectivity index (χ3n) is 3.16. The molecule has 0 radical (unpaired) electrons. The maximum atomic E-state index is 11.9. The lowest BCUT2D eigenvalue weighted by Gasteiger charge is -2.14. The highest BCUT2D eigenvalue weighted by molar-refractivity contribution is 5.79. The Kier molecular flexibility index (Phi) is 3.47. The van der Waals surface area contributed by atoms with Crippen molar-refractivity contribution in [1.82, 2.24) is 15.1 Å². The van der Waals surface area contributed by atoms with Gasteiger partial charge in [-0.1, -0.05) is 0 Å². The van der Waals surface area contributed by atoms with Crippen LogP contribution in [-0.4, -0.2) is 28.3 Å². The monoisotopic (exact) mass is 236 g/mol. The predicted molar refractivity (Wildman–Crippen MR) is 65.4 cm³/mol. The second-order valence-electron chi connectivity index (χ2n) is 4.83. The minimum absolute atomic E-state index is 0.0817. The predicted octanol–water partition coefficient (Wildman–Crippen LogP) is 0.125. The lowest BCUT2D eigenvalue weighted by molar-refractivity contribution is -0.124. The Labute approximate surface area is 101 Å². The summed E-state index contributed by atoms with van der Waals surface area (Å²) in [5, 5.41) is 7.28. The molecule has 0 bridgehead atoms. The second-order valence-corrected chi connectivity index (χ2v) is 4.83. The Morgan fingerprint density at radius 1 is 1.71 bits per heavy atom. The quantitative estimate of drug-likeness (QED) is 0.763. The largest absolute Gasteiger partial charge is 0.353 e. The third-order valence-corrected chi connectivity index (χ3v) is 3.16. The molecule has 1 aromatic rings. The molecule has 1 fully saturated rings. The Balaban J connectivity index is 1.98. The lowest BCUT2D eigenvalue weighted by atomic mass is 9.99. The van der Waals surface area contributed by atoms with Crippen molar-refractivity contribution in [3.63, 3.8) is 0 Å². The van der Waals surface area contributed by atoms with Crippen molar-refractivity contribution in [2.75, 3.05) is 6.54 Å². The van der Waals surface area contributed by atoms with Gasteiger partial charge in [0.05, 0.1) is 11.6 Å². The zero-order chi connectivity index (χ0) is 12.4. The molecule has 1 atom stereocenters. The first-order valence-electron chi connectivity index (χ1n) is 6.09. The Hall–Kier alpha value is -1.36. The van der Waals surface area contributed by atoms with E-state index in [1.54, 1.807) is 4.68 Å². The van der Waals surface area contributed by atoms with E-state index in [4.69, 9.17) is 5.73 Å². The smallest absolute Gasteiger partial charge is 0.224 e. The van der Waals surface area contributed by atoms with Crippen molar-refractivity contribution in [2.24, 2.45) is 18.7 Å². The van der Waals surface area contributed by atoms with Gasteiger partial charge in [0.1, 0.15) is 0 Å². The molecule has 1 saturated carbocycles. The van der Waals surface area contributed by atoms with Gasteiger partial charge >= 0.3 is 0 Å². The molecule has 1 unspecified atom stereocenters. The highest BCUT2D eigenvalue weighted by atomic mass is 16.2. The number of amides is 1. The molecule has 0 saturated heterocycles. The van der Waals surface area contributed by atoms with Crippen LogP contribution in [0.3, 0.4) is 0 Å². The molecule has 5 nitrogen and oxygen atoms in total. The number of hydrogen-bond acceptors (Lipinski definition) is 3. The average molecular weight is 236 g/mol. The van der Waals surface area contributed by atoms with Crippen LogP contribution in [0.25, 0.3) is 0 Å². The summed E-state index contributed by atoms with van der Waals surface area (Å²) in [5.74, 6) is -0.0586. The first kappa shape index (κ1) is 12.1. The van der Waals surface area contributed by atoms with E-state index in [0.717, 1.165) is 24.1 Å². The van der Waals surface area contributed by atoms with Crippen LogP contribution < -0.4 is 11.1 Å². The standard InChI is InChI=1S/C12H20N4O/c1-8-10(7-16(2)15-8)5-9(6-13)12(17)14-11-3-4-11/h7,9,11H,3-6,13H2,1-2H3,(H,14,17). The van der Waals surface area contributed by atoms with E-state index in [2.05, 4.69) is 10.4 Å². The van der Waals surface area contributed by atoms with E-state index in [-0.39, 0.29) is 11.8 Å². The first-order valence-corrected chi connectivity index (χ1v) is 6.09. The molecular formula is C12H20N4O. The molecule has 3 N–H and O–H groups in total. The summed E-state index contributed by atoms with van der Waals surface area (Å²) in [6, 6.07) is 0.395. The number of hydrogen-bond donors (Lipinski definition) is 2. The maximum Gasteiger partial charge on any atom is 0.224 e. The summed E-state index contributed by atoms with van der Waals surface area (Å²) < 4.78 is 1.77. The van der Waals surface area contributed by atoms with Crippen LogP contribution >= 0.6 is 0 Å². The summed E-state index contributed by atoms with van der Waals surface area (Å²) in [6.45, 7) is 2.34. The van der Waals surface area contributed by atoms with Crippen LogP contribution in [0.15, 0.2) is 6.20 Å². The number of carbonyl (C=O) groups is 1. The van der Waals surface area contributed by atoms with Gasteiger partial charge in [0, 0.05) is 25.8 Å². The zero-order valence-corrected chi connectivity index (χ0v) is 10.4. The number of carbonyl (C=O) groups excluding carboxylic acids is 1. The normalized spacial score (nSPS) is 16.9. The number of rotatable bonds is 5. The van der Waals surface area contributed by atoms with Crippen LogP contribution in [0, 0.1) is 12.8 Å². The summed E-state index contributed by atoms with van der Waals surface area (Å²) >= 11 is 0. The molecule has 1 aliphatic rings. The SMILES string of the molecule is Cc1nn(C)cc1CC(CN)C(=O)NC1CC1. The summed E-state index contributed by atoms with van der Waals surface area (Å²) in [5.41, 5.74) is 7.77. The average Bonchev–Trinajstić information content (AvgIpc) is 3.01. The molecule has 2 rings (SSSR count). The van der Waals surface area contributed by atoms with Gasteiger partial charge in [-0.3, -0.25) is 9.48 Å². The number of nitrogens with one attached hydrogen (secondary N) is 1. The number of nitrogens with two attached hydrogens (primary N) is 1. The van der Waals surface area contributed by atoms with Crippen LogP contribution in [-0.2, 0) is 18.3 Å². The highest BCUT2D eigenvalue weighted by Gasteiger charge is 2.27. The van der Waals surface area contributed by atoms with Crippen LogP contribution in [0.5, 0.6) is 0 Å². The van der Waals surface area contributed by atoms with Gasteiger partial charge in [0.2, 0.25) is 5.91 Å². The summed E-state index contributed by atoms with van der Waals surface area (Å²) in [7, 11) is 1.89. The van der Waals surface area contributed by atoms with Crippen molar-refractivity contribution in [3.8, 4) is 0 Å². The van der Waals surface area contributed by atoms with E-state index in [1.165, 1.54) is 0 Å². The zero-order valence-electron chi connectivity index (χ0n) is 10.4. The molecule has 1 aromatic heterocycles. The molecule has 94 valence electrons. The molecule has 1 amide bonds. The molecule has 0 aliphatic heterocycles. The van der Waals surface area contributed by atoms with E-state index in [1.807, 2.05) is 20.2 Å². The number of nitrogens with zero attached hydrogens (tertiary/aromatic N) is 2. The van der Waals surface area contributed by atoms with Gasteiger partial charge in [-0.15, -0.1) is 0 Å². The van der Waals surface area contributed by atoms with Crippen molar-refractivity contribution >= 4 is 5.91 Å². The number of aryl methyl sites for hydroxylation is 2. The second kappa shape index (κ2) is 4.87. The molecular weight excluding hydrogens is 216 g/mol. The number of aromatic nitrogens is 2. The van der Waals surface area contributed by atoms with Crippen LogP contribution in [0.4, 0.5) is 0 Å². The fourth-order valence-electron chi connectivity index (χ4n) is 1.94. The summed E-state index contributed by atoms with van der Waals surface area (Å²) in [4.78, 5) is 11.9. The minimum Gasteiger partial charge on any atom is -0.353 e. The van der Waals surface area contributed by atoms with Gasteiger partial charge < -0.3 is 11.1 Å². The maximum absolute atomic E-state index is 11.9. The van der Waals surface area contributed by atoms with Gasteiger partial charge in [0.15, 0.2) is 0 Å². The van der Waals surface area contributed by atoms with Crippen molar-refractivity contribution in [1.29, 1.82) is 0 Å². The lowest BCUT2D eigenvalue weighted by Crippen LogP contribution is -2.37. The molecule has 1 heterocycles. The Morgan fingerprint density at radius 2 is 2.41 bits per heavy atom. The Morgan fingerprint density at radius 3 is 2.88 bits per heavy atom. The Bertz CT molecular complexity index is 409. The highest BCUT2D eigenvalue weighted by Crippen LogP contribution is 2.20. The first-order chi connectivity index (χ1) is 8.10. The van der Waals surface area contributed by atoms with Crippen molar-refractivity contribution < 1.29 is 4.79 Å². The van der Waals surface area contributed by atoms with E-state index < -0.39 is 0 Å². The molecule has 1 aliphatic carbocycles. The van der Waals surface area contributed by atoms with Crippen molar-refractivity contribution in [2.45, 2.75) is 32.2 Å². The van der Waals surface area contributed by atoms with Crippen molar-refractivity contribution in [3.05, 3.63) is 17.5 Å². The molecule has 0 spiro atoms. The van der Waals surface area contributed by atoms with E-state index >= 15 is 0 Å².